The summed E-state index contributed by atoms with van der Waals surface area (Å²) >= 11 is 0. The van der Waals surface area contributed by atoms with Gasteiger partial charge in [0.1, 0.15) is 169 Å². The molecule has 68 heteroatoms. The van der Waals surface area contributed by atoms with E-state index >= 15 is 0 Å². The molecular formula is C82H129N9O58Si. The largest absolute Gasteiger partial charge is 0.463 e. The molecule has 8 aliphatic heterocycles. The smallest absolute Gasteiger partial charge is 0.305 e. The van der Waals surface area contributed by atoms with Gasteiger partial charge in [-0.25, -0.2) is 0 Å². The molecule has 8 saturated heterocycles. The third kappa shape index (κ3) is 41.6. The Bertz CT molecular complexity index is 4540. The van der Waals surface area contributed by atoms with Crippen LogP contribution >= 0.6 is 0 Å². The van der Waals surface area contributed by atoms with Crippen molar-refractivity contribution in [2.45, 2.75) is 369 Å². The molecule has 0 aromatic carbocycles. The van der Waals surface area contributed by atoms with Gasteiger partial charge in [0.05, 0.1) is 26.4 Å². The zero-order valence-electron chi connectivity index (χ0n) is 84.1. The average molecular weight is 2200 g/mol. The van der Waals surface area contributed by atoms with E-state index in [9.17, 15) is 138 Å². The fourth-order valence-electron chi connectivity index (χ4n) is 14.8. The van der Waals surface area contributed by atoms with E-state index in [1.807, 2.05) is 19.6 Å². The van der Waals surface area contributed by atoms with Crippen molar-refractivity contribution < 1.29 is 282 Å². The van der Waals surface area contributed by atoms with Crippen LogP contribution < -0.4 is 0 Å². The third-order valence-electron chi connectivity index (χ3n) is 20.7. The molecule has 0 radical (unpaired) electrons. The number of hydrogen-bond acceptors (Lipinski definition) is 61. The Kier molecular flexibility index (Phi) is 57.0. The summed E-state index contributed by atoms with van der Waals surface area (Å²) in [7, 11) is -0.449. The maximum atomic E-state index is 12.3. The minimum Gasteiger partial charge on any atom is -0.463 e. The van der Waals surface area contributed by atoms with Gasteiger partial charge in [-0.05, 0) is 21.5 Å². The van der Waals surface area contributed by atoms with Gasteiger partial charge in [-0.1, -0.05) is 29.9 Å². The lowest BCUT2D eigenvalue weighted by Gasteiger charge is -2.48. The predicted octanol–water partition coefficient (Wildman–Crippen LogP) is -8.65. The number of carbonyl (C=O) groups is 15. The van der Waals surface area contributed by atoms with E-state index in [-0.39, 0.29) is 0 Å². The number of rotatable bonds is 34. The summed E-state index contributed by atoms with van der Waals surface area (Å²) in [5.41, 5.74) is 25.4. The number of aliphatic hydroxyl groups is 16. The van der Waals surface area contributed by atoms with Crippen LogP contribution in [0.4, 0.5) is 0 Å². The lowest BCUT2D eigenvalue weighted by atomic mass is 9.95. The first kappa shape index (κ1) is 133. The number of ether oxygens (including phenoxy) is 27. The van der Waals surface area contributed by atoms with Crippen molar-refractivity contribution in [3.8, 4) is 0 Å². The van der Waals surface area contributed by atoms with Gasteiger partial charge >= 0.3 is 89.5 Å². The molecule has 0 aromatic rings. The average Bonchev–Trinajstić information content (AvgIpc) is 0.763. The zero-order valence-corrected chi connectivity index (χ0v) is 85.1. The van der Waals surface area contributed by atoms with E-state index < -0.39 is 396 Å². The quantitative estimate of drug-likeness (QED) is 0.00710. The molecular weight excluding hydrogens is 2070 g/mol. The normalized spacial score (nSPS) is 35.1. The van der Waals surface area contributed by atoms with Gasteiger partial charge < -0.3 is 210 Å². The molecule has 0 aliphatic carbocycles. The minimum absolute atomic E-state index is 0.585. The highest BCUT2D eigenvalue weighted by molar-refractivity contribution is 6.74. The minimum atomic E-state index is -1.83. The fourth-order valence-corrected chi connectivity index (χ4v) is 15.1. The Morgan fingerprint density at radius 1 is 0.240 bits per heavy atom. The monoisotopic (exact) mass is 2200 g/mol. The summed E-state index contributed by atoms with van der Waals surface area (Å²) < 4.78 is 149. The third-order valence-corrected chi connectivity index (χ3v) is 21.4. The van der Waals surface area contributed by atoms with Crippen LogP contribution in [0.5, 0.6) is 0 Å². The summed E-state index contributed by atoms with van der Waals surface area (Å²) in [4.78, 5) is 188. The Morgan fingerprint density at radius 3 is 0.787 bits per heavy atom. The van der Waals surface area contributed by atoms with Gasteiger partial charge in [0.25, 0.3) is 0 Å². The molecule has 8 fully saturated rings. The first-order valence-electron chi connectivity index (χ1n) is 45.0. The first-order chi connectivity index (χ1) is 70.1. The molecule has 0 spiro atoms. The molecule has 67 nitrogen and oxygen atoms in total. The van der Waals surface area contributed by atoms with Gasteiger partial charge in [-0.3, -0.25) is 71.9 Å². The molecule has 0 amide bonds. The maximum Gasteiger partial charge on any atom is 0.305 e. The number of hydrogen-bond donors (Lipinski definition) is 16. The highest BCUT2D eigenvalue weighted by atomic mass is 28.3. The van der Waals surface area contributed by atoms with E-state index in [1.165, 1.54) is 0 Å². The molecule has 0 unspecified atom stereocenters. The molecule has 8 aliphatic rings. The molecule has 40 atom stereocenters. The number of carbonyl (C=O) groups excluding carboxylic acids is 15. The van der Waals surface area contributed by atoms with Crippen LogP contribution in [0.25, 0.3) is 31.3 Å². The second-order valence-electron chi connectivity index (χ2n) is 33.8. The van der Waals surface area contributed by atoms with E-state index in [0.29, 0.717) is 0 Å². The van der Waals surface area contributed by atoms with Gasteiger partial charge in [0.15, 0.2) is 98.8 Å². The van der Waals surface area contributed by atoms with Crippen LogP contribution in [-0.4, -0.2) is 485 Å². The van der Waals surface area contributed by atoms with Crippen molar-refractivity contribution in [1.29, 1.82) is 0 Å². The van der Waals surface area contributed by atoms with Crippen molar-refractivity contribution in [3.63, 3.8) is 0 Å². The van der Waals surface area contributed by atoms with Gasteiger partial charge in [0, 0.05) is 121 Å². The zero-order chi connectivity index (χ0) is 114. The fraction of sp³-hybridized carbons (Fsp3) is 0.817. The van der Waals surface area contributed by atoms with Gasteiger partial charge in [0.2, 0.25) is 12.4 Å². The summed E-state index contributed by atoms with van der Waals surface area (Å²) in [6.45, 7) is 16.4. The topological polar surface area (TPSA) is 975 Å². The molecule has 150 heavy (non-hydrogen) atoms. The van der Waals surface area contributed by atoms with E-state index in [0.717, 1.165) is 111 Å². The van der Waals surface area contributed by atoms with Crippen LogP contribution in [0.2, 0.25) is 19.6 Å². The number of nitrogens with zero attached hydrogens (tertiary/aromatic N) is 9. The highest BCUT2D eigenvalue weighted by Gasteiger charge is 2.62. The molecule has 8 heterocycles. The summed E-state index contributed by atoms with van der Waals surface area (Å²) in [6.07, 6.45) is -63.4. The summed E-state index contributed by atoms with van der Waals surface area (Å²) in [5, 5.41) is 158. The molecule has 0 saturated carbocycles. The first-order valence-corrected chi connectivity index (χ1v) is 48.4. The van der Waals surface area contributed by atoms with E-state index in [4.69, 9.17) is 160 Å². The van der Waals surface area contributed by atoms with Crippen molar-refractivity contribution >= 4 is 97.8 Å². The second kappa shape index (κ2) is 64.2. The van der Waals surface area contributed by atoms with Crippen molar-refractivity contribution in [1.82, 2.24) is 0 Å². The molecule has 0 aromatic heterocycles. The maximum absolute atomic E-state index is 12.3. The summed E-state index contributed by atoms with van der Waals surface area (Å²) in [6, 6.07) is 0. The standard InChI is InChI=1S/C28H38O19.C26H35N3O17.C12H21N3O10.C12H22O11.C3H9N3Si.CH4O/c1-11(29)37-9-19-21(39-13(3)31)23(40-14(4)32)26(43-17(7)35)28(46-19)47-22-20(10-38-12(2)30)45-27(44-18(8)36)25(42-16(6)34)24(22)41-15(5)33;1-10(30)37-8-17-20(21(40-13(4)33)23(42-15(6)35)25(44-17)28-29-27)46-26-24(43-16(7)36)22(41-14(5)34)19(39-12(3)32)18(45-26)9-38-11(2)31;13-15-14-11-8(21)7(20)10(4(2-17)23-11)25-12-9(22)6(19)5(18)3(1-16)24-12;13-1-3-5(15)6(16)9(19)12(22-3)23-10-4(2-14)21-11(20)8(18)7(10)17;1-7(2,3)6-5-4;1-2/h19-28H,9-10H2,1-8H3;17-26H,8-9H2,1-7H3;3-12,16-22H,1-2H2;3-20H,1-2H2;1-3H3;2H,1H3/t19-,20-,21+,22-,23+,24+,25-,26-,27+,28+;17-,18-,19+,20-,21+,22+,23-,24-,25+,26+;2*3-,4-,5+,6+,7-,8-,9-,10-,11+,12+;;/m1111../s1. The number of azide groups is 3. The van der Waals surface area contributed by atoms with Crippen LogP contribution in [0.15, 0.2) is 15.0 Å². The predicted molar refractivity (Wildman–Crippen MR) is 472 cm³/mol. The van der Waals surface area contributed by atoms with Crippen molar-refractivity contribution in [2.75, 3.05) is 60.0 Å². The summed E-state index contributed by atoms with van der Waals surface area (Å²) in [5.74, 6) is -13.1. The van der Waals surface area contributed by atoms with Crippen molar-refractivity contribution in [3.05, 3.63) is 31.3 Å². The molecule has 854 valence electrons. The number of esters is 15. The highest BCUT2D eigenvalue weighted by Crippen LogP contribution is 2.41. The Hall–Kier alpha value is -10.9. The van der Waals surface area contributed by atoms with Crippen LogP contribution in [0, 0.1) is 0 Å². The lowest BCUT2D eigenvalue weighted by molar-refractivity contribution is -0.357. The van der Waals surface area contributed by atoms with E-state index in [1.54, 1.807) is 0 Å². The molecule has 0 bridgehead atoms. The van der Waals surface area contributed by atoms with Gasteiger partial charge in [-0.15, -0.1) is 4.78 Å². The van der Waals surface area contributed by atoms with Gasteiger partial charge in [-0.2, -0.15) is 0 Å². The van der Waals surface area contributed by atoms with Crippen molar-refractivity contribution in [2.24, 2.45) is 15.0 Å². The van der Waals surface area contributed by atoms with Crippen LogP contribution in [0.3, 0.4) is 0 Å². The second-order valence-corrected chi connectivity index (χ2v) is 38.3. The molecule has 16 N–H and O–H groups in total. The Morgan fingerprint density at radius 2 is 0.487 bits per heavy atom. The van der Waals surface area contributed by atoms with E-state index in [2.05, 4.69) is 29.7 Å². The number of aliphatic hydroxyl groups excluding tert-OH is 16. The SMILES string of the molecule is CC(=O)OC[C@H]1O[C@@H](O[C@H]2[C@H](OC(C)=O)[C@@H](OC(C)=O)[C@@H](N=[N+]=[N-])O[C@@H]2COC(C)=O)[C@H](OC(C)=O)[C@@H](OC(C)=O)[C@H]1OC(C)=O.CC(=O)OC[C@H]1O[C@@H](O[C@H]2[C@H](OC(C)=O)[C@@H](OC(C)=O)[C@@H](OC(C)=O)O[C@@H]2COC(C)=O)[C@H](OC(C)=O)[C@@H](OC(C)=O)[C@H]1OC(C)=O.CO.C[Si](C)(C)N=[N+]=[N-].OC[C@H]1O[C@@H](O[C@H]2[C@H](O)[C@@H](O)[C@@H](O)O[C@@H]2CO)[C@H](O)[C@@H](O)[C@H]1O.[N-]=[N+]=N[C@H]1O[C@H](CO)[C@@H](O[C@@H]2O[C@H](CO)[C@H](O)[C@H](O)[C@H]2O)[C@H](O)[C@H]1O. The Labute approximate surface area is 851 Å². The Balaban J connectivity index is 0.000000518. The van der Waals surface area contributed by atoms with Crippen LogP contribution in [-0.2, 0) is 200 Å². The van der Waals surface area contributed by atoms with Crippen LogP contribution in [0.1, 0.15) is 104 Å². The lowest BCUT2D eigenvalue weighted by Crippen LogP contribution is -2.67. The molecule has 8 rings (SSSR count).